The fourth-order valence-electron chi connectivity index (χ4n) is 1.43. The summed E-state index contributed by atoms with van der Waals surface area (Å²) in [4.78, 5) is 2.27. The van der Waals surface area contributed by atoms with Crippen molar-refractivity contribution in [1.82, 2.24) is 0 Å². The average Bonchev–Trinajstić information content (AvgIpc) is 2.18. The Balaban J connectivity index is 2.60. The van der Waals surface area contributed by atoms with Crippen molar-refractivity contribution in [1.29, 1.82) is 0 Å². The Bertz CT molecular complexity index is 266. The molecule has 1 unspecified atom stereocenters. The van der Waals surface area contributed by atoms with Gasteiger partial charge in [0.2, 0.25) is 0 Å². The summed E-state index contributed by atoms with van der Waals surface area (Å²) in [7, 11) is 2.12. The van der Waals surface area contributed by atoms with E-state index in [-0.39, 0.29) is 0 Å². The molecule has 0 radical (unpaired) electrons. The molecule has 0 fully saturated rings. The highest BCUT2D eigenvalue weighted by molar-refractivity contribution is 5.52. The number of anilines is 2. The Kier molecular flexibility index (Phi) is 3.81. The van der Waals surface area contributed by atoms with Crippen molar-refractivity contribution in [3.05, 3.63) is 24.3 Å². The van der Waals surface area contributed by atoms with Gasteiger partial charge in [-0.05, 0) is 30.2 Å². The summed E-state index contributed by atoms with van der Waals surface area (Å²) in [5.41, 5.74) is 7.70. The van der Waals surface area contributed by atoms with Crippen LogP contribution < -0.4 is 10.6 Å². The third-order valence-electron chi connectivity index (χ3n) is 2.62. The van der Waals surface area contributed by atoms with Gasteiger partial charge in [0.25, 0.3) is 0 Å². The summed E-state index contributed by atoms with van der Waals surface area (Å²) in [6.45, 7) is 5.59. The number of nitrogen functional groups attached to an aromatic ring is 1. The van der Waals surface area contributed by atoms with Gasteiger partial charge >= 0.3 is 0 Å². The fraction of sp³-hybridized carbons (Fsp3) is 0.500. The number of nitrogens with zero attached hydrogens (tertiary/aromatic N) is 1. The fourth-order valence-corrected chi connectivity index (χ4v) is 1.43. The van der Waals surface area contributed by atoms with E-state index in [1.54, 1.807) is 0 Å². The second-order valence-electron chi connectivity index (χ2n) is 3.99. The van der Waals surface area contributed by atoms with Gasteiger partial charge in [0.05, 0.1) is 0 Å². The normalized spacial score (nSPS) is 12.5. The van der Waals surface area contributed by atoms with Crippen LogP contribution in [0.3, 0.4) is 0 Å². The van der Waals surface area contributed by atoms with E-state index in [0.717, 1.165) is 18.2 Å². The van der Waals surface area contributed by atoms with Crippen molar-refractivity contribution in [2.45, 2.75) is 20.3 Å². The molecule has 0 spiro atoms. The summed E-state index contributed by atoms with van der Waals surface area (Å²) in [6, 6.07) is 8.03. The lowest BCUT2D eigenvalue weighted by Gasteiger charge is -2.22. The summed E-state index contributed by atoms with van der Waals surface area (Å²) < 4.78 is 0. The molecule has 0 aliphatic carbocycles. The summed E-state index contributed by atoms with van der Waals surface area (Å²) in [5.74, 6) is 0.734. The number of rotatable bonds is 4. The molecule has 78 valence electrons. The SMILES string of the molecule is CCC(C)CN(C)c1ccc(N)cc1. The molecule has 2 nitrogen and oxygen atoms in total. The number of hydrogen-bond acceptors (Lipinski definition) is 2. The van der Waals surface area contributed by atoms with E-state index in [2.05, 4.69) is 37.9 Å². The molecule has 2 N–H and O–H groups in total. The van der Waals surface area contributed by atoms with Crippen molar-refractivity contribution >= 4 is 11.4 Å². The molecule has 0 aliphatic heterocycles. The maximum Gasteiger partial charge on any atom is 0.0365 e. The Morgan fingerprint density at radius 1 is 1.29 bits per heavy atom. The molecule has 1 atom stereocenters. The quantitative estimate of drug-likeness (QED) is 0.743. The van der Waals surface area contributed by atoms with E-state index in [0.29, 0.717) is 0 Å². The average molecular weight is 192 g/mol. The van der Waals surface area contributed by atoms with E-state index in [4.69, 9.17) is 5.73 Å². The first-order valence-corrected chi connectivity index (χ1v) is 5.20. The maximum atomic E-state index is 5.64. The van der Waals surface area contributed by atoms with Crippen molar-refractivity contribution < 1.29 is 0 Å². The smallest absolute Gasteiger partial charge is 0.0365 e. The van der Waals surface area contributed by atoms with Gasteiger partial charge in [0, 0.05) is 25.0 Å². The lowest BCUT2D eigenvalue weighted by Crippen LogP contribution is -2.23. The molecule has 0 saturated heterocycles. The van der Waals surface area contributed by atoms with Crippen LogP contribution in [0.1, 0.15) is 20.3 Å². The van der Waals surface area contributed by atoms with E-state index < -0.39 is 0 Å². The molecule has 2 heteroatoms. The predicted octanol–water partition coefficient (Wildman–Crippen LogP) is 2.75. The van der Waals surface area contributed by atoms with Crippen LogP contribution in [0.4, 0.5) is 11.4 Å². The summed E-state index contributed by atoms with van der Waals surface area (Å²) in [5, 5.41) is 0. The van der Waals surface area contributed by atoms with Gasteiger partial charge in [-0.1, -0.05) is 20.3 Å². The van der Waals surface area contributed by atoms with E-state index >= 15 is 0 Å². The van der Waals surface area contributed by atoms with Gasteiger partial charge in [0.1, 0.15) is 0 Å². The maximum absolute atomic E-state index is 5.64. The lowest BCUT2D eigenvalue weighted by molar-refractivity contribution is 0.560. The molecular weight excluding hydrogens is 172 g/mol. The van der Waals surface area contributed by atoms with Crippen LogP contribution in [0.15, 0.2) is 24.3 Å². The first kappa shape index (κ1) is 10.9. The Labute approximate surface area is 86.7 Å². The van der Waals surface area contributed by atoms with Gasteiger partial charge in [-0.3, -0.25) is 0 Å². The van der Waals surface area contributed by atoms with Crippen LogP contribution in [-0.2, 0) is 0 Å². The zero-order valence-electron chi connectivity index (χ0n) is 9.33. The monoisotopic (exact) mass is 192 g/mol. The topological polar surface area (TPSA) is 29.3 Å². The van der Waals surface area contributed by atoms with Crippen molar-refractivity contribution in [2.24, 2.45) is 5.92 Å². The second kappa shape index (κ2) is 4.89. The van der Waals surface area contributed by atoms with E-state index in [1.165, 1.54) is 12.1 Å². The minimum Gasteiger partial charge on any atom is -0.399 e. The van der Waals surface area contributed by atoms with Crippen LogP contribution in [0, 0.1) is 5.92 Å². The molecule has 0 saturated carbocycles. The minimum atomic E-state index is 0.734. The zero-order valence-corrected chi connectivity index (χ0v) is 9.33. The number of hydrogen-bond donors (Lipinski definition) is 1. The summed E-state index contributed by atoms with van der Waals surface area (Å²) >= 11 is 0. The van der Waals surface area contributed by atoms with Crippen LogP contribution in [0.2, 0.25) is 0 Å². The van der Waals surface area contributed by atoms with Crippen LogP contribution in [-0.4, -0.2) is 13.6 Å². The first-order chi connectivity index (χ1) is 6.63. The standard InChI is InChI=1S/C12H20N2/c1-4-10(2)9-14(3)12-7-5-11(13)6-8-12/h5-8,10H,4,9,13H2,1-3H3. The van der Waals surface area contributed by atoms with Crippen molar-refractivity contribution in [3.8, 4) is 0 Å². The third kappa shape index (κ3) is 2.95. The van der Waals surface area contributed by atoms with Crippen molar-refractivity contribution in [2.75, 3.05) is 24.2 Å². The molecule has 1 aromatic carbocycles. The first-order valence-electron chi connectivity index (χ1n) is 5.20. The highest BCUT2D eigenvalue weighted by Gasteiger charge is 2.04. The number of nitrogens with two attached hydrogens (primary N) is 1. The molecule has 0 bridgehead atoms. The molecule has 1 rings (SSSR count). The van der Waals surface area contributed by atoms with Gasteiger partial charge in [0.15, 0.2) is 0 Å². The highest BCUT2D eigenvalue weighted by atomic mass is 15.1. The summed E-state index contributed by atoms with van der Waals surface area (Å²) in [6.07, 6.45) is 1.22. The van der Waals surface area contributed by atoms with E-state index in [1.807, 2.05) is 12.1 Å². The molecule has 14 heavy (non-hydrogen) atoms. The highest BCUT2D eigenvalue weighted by Crippen LogP contribution is 2.16. The second-order valence-corrected chi connectivity index (χ2v) is 3.99. The predicted molar refractivity (Wildman–Crippen MR) is 63.6 cm³/mol. The van der Waals surface area contributed by atoms with Gasteiger partial charge in [-0.15, -0.1) is 0 Å². The Hall–Kier alpha value is -1.18. The Morgan fingerprint density at radius 3 is 2.36 bits per heavy atom. The molecule has 1 aromatic rings. The van der Waals surface area contributed by atoms with Crippen LogP contribution >= 0.6 is 0 Å². The number of benzene rings is 1. The van der Waals surface area contributed by atoms with Gasteiger partial charge in [-0.2, -0.15) is 0 Å². The minimum absolute atomic E-state index is 0.734. The third-order valence-corrected chi connectivity index (χ3v) is 2.62. The lowest BCUT2D eigenvalue weighted by atomic mass is 10.1. The molecule has 0 aliphatic rings. The van der Waals surface area contributed by atoms with Crippen LogP contribution in [0.25, 0.3) is 0 Å². The zero-order chi connectivity index (χ0) is 10.6. The van der Waals surface area contributed by atoms with Gasteiger partial charge in [-0.25, -0.2) is 0 Å². The van der Waals surface area contributed by atoms with E-state index in [9.17, 15) is 0 Å². The largest absolute Gasteiger partial charge is 0.399 e. The van der Waals surface area contributed by atoms with Gasteiger partial charge < -0.3 is 10.6 Å². The molecule has 0 aromatic heterocycles. The molecular formula is C12H20N2. The molecule has 0 heterocycles. The van der Waals surface area contributed by atoms with Crippen LogP contribution in [0.5, 0.6) is 0 Å². The van der Waals surface area contributed by atoms with Crippen molar-refractivity contribution in [3.63, 3.8) is 0 Å². The Morgan fingerprint density at radius 2 is 1.86 bits per heavy atom. The molecule has 0 amide bonds.